The van der Waals surface area contributed by atoms with E-state index >= 15 is 0 Å². The molecule has 0 aliphatic carbocycles. The fraction of sp³-hybridized carbons (Fsp3) is 0.0952. The lowest BCUT2D eigenvalue weighted by molar-refractivity contribution is -0.384. The molecule has 0 unspecified atom stereocenters. The molecule has 0 N–H and O–H groups in total. The third-order valence-electron chi connectivity index (χ3n) is 5.04. The number of rotatable bonds is 3. The molecule has 3 heterocycles. The van der Waals surface area contributed by atoms with E-state index in [1.807, 2.05) is 43.3 Å². The van der Waals surface area contributed by atoms with Crippen LogP contribution in [0.2, 0.25) is 0 Å². The number of benzene rings is 2. The van der Waals surface area contributed by atoms with E-state index in [0.29, 0.717) is 33.7 Å². The highest BCUT2D eigenvalue weighted by atomic mass is 16.6. The summed E-state index contributed by atoms with van der Waals surface area (Å²) in [6, 6.07) is 16.9. The first-order chi connectivity index (χ1) is 14.5. The Balaban J connectivity index is 1.97. The van der Waals surface area contributed by atoms with Gasteiger partial charge in [0.25, 0.3) is 11.2 Å². The zero-order valence-corrected chi connectivity index (χ0v) is 16.2. The van der Waals surface area contributed by atoms with Gasteiger partial charge >= 0.3 is 0 Å². The second kappa shape index (κ2) is 6.38. The van der Waals surface area contributed by atoms with Crippen molar-refractivity contribution in [2.45, 2.75) is 0 Å². The molecule has 5 rings (SSSR count). The lowest BCUT2D eigenvalue weighted by Crippen LogP contribution is -2.21. The van der Waals surface area contributed by atoms with Gasteiger partial charge < -0.3 is 4.90 Å². The summed E-state index contributed by atoms with van der Waals surface area (Å²) in [4.78, 5) is 30.6. The highest BCUT2D eigenvalue weighted by Crippen LogP contribution is 2.26. The van der Waals surface area contributed by atoms with E-state index in [1.165, 1.54) is 16.7 Å². The van der Waals surface area contributed by atoms with Crippen LogP contribution in [0.1, 0.15) is 0 Å². The quantitative estimate of drug-likeness (QED) is 0.341. The maximum Gasteiger partial charge on any atom is 0.269 e. The third-order valence-corrected chi connectivity index (χ3v) is 5.04. The van der Waals surface area contributed by atoms with Crippen molar-refractivity contribution < 1.29 is 4.92 Å². The van der Waals surface area contributed by atoms with E-state index in [1.54, 1.807) is 28.8 Å². The summed E-state index contributed by atoms with van der Waals surface area (Å²) >= 11 is 0. The van der Waals surface area contributed by atoms with Gasteiger partial charge in [-0.2, -0.15) is 4.52 Å². The van der Waals surface area contributed by atoms with Crippen molar-refractivity contribution in [2.24, 2.45) is 0 Å². The van der Waals surface area contributed by atoms with Crippen LogP contribution in [-0.2, 0) is 0 Å². The number of hydrogen-bond acceptors (Lipinski definition) is 6. The lowest BCUT2D eigenvalue weighted by Gasteiger charge is -2.13. The Bertz CT molecular complexity index is 1520. The molecule has 0 aliphatic heterocycles. The number of anilines is 1. The Labute approximate surface area is 169 Å². The molecule has 30 heavy (non-hydrogen) atoms. The van der Waals surface area contributed by atoms with Crippen LogP contribution in [0.5, 0.6) is 0 Å². The monoisotopic (exact) mass is 400 g/mol. The second-order valence-electron chi connectivity index (χ2n) is 7.10. The number of aromatic nitrogens is 4. The fourth-order valence-electron chi connectivity index (χ4n) is 3.59. The summed E-state index contributed by atoms with van der Waals surface area (Å²) in [6.45, 7) is 0. The van der Waals surface area contributed by atoms with E-state index in [0.717, 1.165) is 5.39 Å². The second-order valence-corrected chi connectivity index (χ2v) is 7.10. The highest BCUT2D eigenvalue weighted by molar-refractivity contribution is 6.04. The number of imidazole rings is 1. The molecule has 3 aromatic heterocycles. The average molecular weight is 400 g/mol. The minimum Gasteiger partial charge on any atom is -0.361 e. The van der Waals surface area contributed by atoms with E-state index < -0.39 is 4.92 Å². The Morgan fingerprint density at radius 1 is 0.967 bits per heavy atom. The Morgan fingerprint density at radius 2 is 1.67 bits per heavy atom. The van der Waals surface area contributed by atoms with Crippen molar-refractivity contribution in [3.8, 4) is 5.69 Å². The van der Waals surface area contributed by atoms with Gasteiger partial charge in [-0.25, -0.2) is 4.98 Å². The van der Waals surface area contributed by atoms with Crippen molar-refractivity contribution >= 4 is 39.1 Å². The summed E-state index contributed by atoms with van der Waals surface area (Å²) in [5, 5.41) is 16.9. The molecule has 148 valence electrons. The van der Waals surface area contributed by atoms with Crippen LogP contribution >= 0.6 is 0 Å². The molecule has 2 aromatic carbocycles. The van der Waals surface area contributed by atoms with Gasteiger partial charge in [-0.1, -0.05) is 18.2 Å². The fourth-order valence-corrected chi connectivity index (χ4v) is 3.59. The molecule has 0 aliphatic rings. The number of non-ortho nitro benzene ring substituents is 1. The maximum atomic E-state index is 13.5. The Morgan fingerprint density at radius 3 is 2.33 bits per heavy atom. The van der Waals surface area contributed by atoms with Crippen LogP contribution in [-0.4, -0.2) is 38.2 Å². The molecule has 0 fully saturated rings. The largest absolute Gasteiger partial charge is 0.361 e. The van der Waals surface area contributed by atoms with E-state index in [4.69, 9.17) is 4.98 Å². The predicted octanol–water partition coefficient (Wildman–Crippen LogP) is 3.16. The van der Waals surface area contributed by atoms with Gasteiger partial charge in [-0.15, -0.1) is 5.10 Å². The Kier molecular flexibility index (Phi) is 3.78. The van der Waals surface area contributed by atoms with Crippen LogP contribution in [0.15, 0.2) is 65.5 Å². The highest BCUT2D eigenvalue weighted by Gasteiger charge is 2.19. The molecule has 9 nitrogen and oxygen atoms in total. The molecule has 0 amide bonds. The topological polar surface area (TPSA) is 98.6 Å². The molecule has 9 heteroatoms. The minimum atomic E-state index is -0.471. The number of fused-ring (bicyclic) bond motifs is 5. The van der Waals surface area contributed by atoms with Crippen LogP contribution < -0.4 is 10.5 Å². The summed E-state index contributed by atoms with van der Waals surface area (Å²) in [5.41, 5.74) is 1.95. The average Bonchev–Trinajstić information content (AvgIpc) is 3.13. The Hall–Kier alpha value is -4.27. The van der Waals surface area contributed by atoms with Crippen LogP contribution in [0, 0.1) is 10.1 Å². The molecule has 0 saturated carbocycles. The number of hydrogen-bond donors (Lipinski definition) is 0. The van der Waals surface area contributed by atoms with Gasteiger partial charge in [-0.05, 0) is 30.3 Å². The summed E-state index contributed by atoms with van der Waals surface area (Å²) in [6.07, 6.45) is 0. The summed E-state index contributed by atoms with van der Waals surface area (Å²) in [7, 11) is 3.76. The van der Waals surface area contributed by atoms with E-state index in [9.17, 15) is 14.9 Å². The van der Waals surface area contributed by atoms with Gasteiger partial charge in [0.05, 0.1) is 10.6 Å². The maximum absolute atomic E-state index is 13.5. The predicted molar refractivity (Wildman–Crippen MR) is 115 cm³/mol. The normalized spacial score (nSPS) is 11.4. The van der Waals surface area contributed by atoms with Crippen molar-refractivity contribution in [3.05, 3.63) is 81.1 Å². The molecule has 0 saturated heterocycles. The van der Waals surface area contributed by atoms with E-state index in [-0.39, 0.29) is 11.2 Å². The van der Waals surface area contributed by atoms with Gasteiger partial charge in [0.1, 0.15) is 11.3 Å². The van der Waals surface area contributed by atoms with Crippen LogP contribution in [0.25, 0.3) is 33.3 Å². The van der Waals surface area contributed by atoms with Crippen molar-refractivity contribution in [2.75, 3.05) is 19.0 Å². The van der Waals surface area contributed by atoms with Gasteiger partial charge in [-0.3, -0.25) is 19.5 Å². The first-order valence-corrected chi connectivity index (χ1v) is 9.21. The van der Waals surface area contributed by atoms with Crippen molar-refractivity contribution in [1.29, 1.82) is 0 Å². The lowest BCUT2D eigenvalue weighted by atomic mass is 10.1. The molecule has 0 atom stereocenters. The van der Waals surface area contributed by atoms with Gasteiger partial charge in [0.2, 0.25) is 0 Å². The third kappa shape index (κ3) is 2.52. The van der Waals surface area contributed by atoms with E-state index in [2.05, 4.69) is 5.10 Å². The molecular weight excluding hydrogens is 384 g/mol. The standard InChI is InChI=1S/C21H16N6O3/c1-24(2)18-12-11-17-22-19-15-5-3-4-6-16(15)21(28)25(20(19)26(17)23-18)13-7-9-14(10-8-13)27(29)30/h3-12H,1-2H3. The van der Waals surface area contributed by atoms with Crippen LogP contribution in [0.3, 0.4) is 0 Å². The van der Waals surface area contributed by atoms with Crippen molar-refractivity contribution in [3.63, 3.8) is 0 Å². The number of nitrogens with zero attached hydrogens (tertiary/aromatic N) is 6. The molecule has 0 radical (unpaired) electrons. The molecule has 0 bridgehead atoms. The zero-order chi connectivity index (χ0) is 21.0. The summed E-state index contributed by atoms with van der Waals surface area (Å²) < 4.78 is 3.15. The SMILES string of the molecule is CN(C)c1ccc2nc3c4ccccc4c(=O)n(-c4ccc([N+](=O)[O-])cc4)c3n2n1. The van der Waals surface area contributed by atoms with Crippen molar-refractivity contribution in [1.82, 2.24) is 19.2 Å². The summed E-state index contributed by atoms with van der Waals surface area (Å²) in [5.74, 6) is 0.706. The van der Waals surface area contributed by atoms with Gasteiger partial charge in [0, 0.05) is 37.0 Å². The number of nitro benzene ring substituents is 1. The molecular formula is C21H16N6O3. The number of pyridine rings is 1. The van der Waals surface area contributed by atoms with Gasteiger partial charge in [0.15, 0.2) is 11.3 Å². The zero-order valence-electron chi connectivity index (χ0n) is 16.2. The molecule has 0 spiro atoms. The smallest absolute Gasteiger partial charge is 0.269 e. The first kappa shape index (κ1) is 17.8. The van der Waals surface area contributed by atoms with Crippen LogP contribution in [0.4, 0.5) is 11.5 Å². The first-order valence-electron chi connectivity index (χ1n) is 9.21. The molecule has 5 aromatic rings. The minimum absolute atomic E-state index is 0.0463. The number of nitro groups is 1.